The van der Waals surface area contributed by atoms with E-state index in [0.717, 1.165) is 17.5 Å². The van der Waals surface area contributed by atoms with E-state index >= 15 is 0 Å². The number of para-hydroxylation sites is 2. The third-order valence-corrected chi connectivity index (χ3v) is 7.20. The van der Waals surface area contributed by atoms with E-state index in [4.69, 9.17) is 4.42 Å². The molecule has 1 N–H and O–H groups in total. The number of aryl methyl sites for hydroxylation is 1. The second kappa shape index (κ2) is 6.05. The predicted molar refractivity (Wildman–Crippen MR) is 103 cm³/mol. The van der Waals surface area contributed by atoms with Gasteiger partial charge >= 0.3 is 5.76 Å². The van der Waals surface area contributed by atoms with Crippen LogP contribution in [0.25, 0.3) is 22.1 Å². The number of nitrogens with one attached hydrogen (secondary N) is 1. The van der Waals surface area contributed by atoms with Gasteiger partial charge in [0.1, 0.15) is 5.82 Å². The molecule has 3 heterocycles. The zero-order valence-electron chi connectivity index (χ0n) is 15.1. The molecule has 0 amide bonds. The fourth-order valence-electron chi connectivity index (χ4n) is 3.84. The molecule has 5 rings (SSSR count). The van der Waals surface area contributed by atoms with Crippen LogP contribution in [0.2, 0.25) is 0 Å². The molecule has 2 aromatic heterocycles. The molecule has 2 aromatic carbocycles. The fraction of sp³-hybridized carbons (Fsp3) is 0.263. The number of nitrogens with zero attached hydrogens (tertiary/aromatic N) is 3. The number of aromatic amines is 1. The number of fused-ring (bicyclic) bond motifs is 2. The molecule has 4 aromatic rings. The summed E-state index contributed by atoms with van der Waals surface area (Å²) in [6.45, 7) is 0.417. The van der Waals surface area contributed by atoms with Crippen molar-refractivity contribution in [3.8, 4) is 0 Å². The van der Waals surface area contributed by atoms with Crippen molar-refractivity contribution in [1.82, 2.24) is 18.8 Å². The highest BCUT2D eigenvalue weighted by Crippen LogP contribution is 2.36. The molecule has 1 unspecified atom stereocenters. The van der Waals surface area contributed by atoms with Crippen molar-refractivity contribution in [2.24, 2.45) is 7.05 Å². The predicted octanol–water partition coefficient (Wildman–Crippen LogP) is 2.53. The molecule has 1 aliphatic heterocycles. The third kappa shape index (κ3) is 2.50. The Morgan fingerprint density at radius 3 is 2.86 bits per heavy atom. The second-order valence-electron chi connectivity index (χ2n) is 6.97. The van der Waals surface area contributed by atoms with Crippen molar-refractivity contribution in [2.45, 2.75) is 23.8 Å². The van der Waals surface area contributed by atoms with Crippen LogP contribution in [0, 0.1) is 0 Å². The van der Waals surface area contributed by atoms with Gasteiger partial charge in [-0.05, 0) is 37.1 Å². The van der Waals surface area contributed by atoms with Gasteiger partial charge in [0.05, 0.1) is 27.5 Å². The van der Waals surface area contributed by atoms with Crippen molar-refractivity contribution >= 4 is 32.2 Å². The van der Waals surface area contributed by atoms with Gasteiger partial charge in [0.25, 0.3) is 0 Å². The van der Waals surface area contributed by atoms with Gasteiger partial charge in [0, 0.05) is 19.7 Å². The van der Waals surface area contributed by atoms with E-state index in [9.17, 15) is 13.2 Å². The Morgan fingerprint density at radius 1 is 1.21 bits per heavy atom. The minimum absolute atomic E-state index is 0.109. The largest absolute Gasteiger partial charge is 0.419 e. The smallest absolute Gasteiger partial charge is 0.408 e. The molecular formula is C19H18N4O4S. The minimum Gasteiger partial charge on any atom is -0.408 e. The maximum atomic E-state index is 13.3. The SMILES string of the molecule is Cn1c(=O)oc2cc(S(=O)(=O)N3CCCC3c3nc4ccccc4[nH]3)ccc21. The summed E-state index contributed by atoms with van der Waals surface area (Å²) in [5.41, 5.74) is 2.51. The van der Waals surface area contributed by atoms with Gasteiger partial charge < -0.3 is 9.40 Å². The Labute approximate surface area is 160 Å². The Balaban J connectivity index is 1.57. The summed E-state index contributed by atoms with van der Waals surface area (Å²) >= 11 is 0. The maximum absolute atomic E-state index is 13.3. The van der Waals surface area contributed by atoms with Gasteiger partial charge in [-0.1, -0.05) is 12.1 Å². The van der Waals surface area contributed by atoms with Gasteiger partial charge in [0.2, 0.25) is 10.0 Å². The van der Waals surface area contributed by atoms with Crippen LogP contribution >= 0.6 is 0 Å². The van der Waals surface area contributed by atoms with Crippen LogP contribution in [0.5, 0.6) is 0 Å². The van der Waals surface area contributed by atoms with Crippen LogP contribution in [-0.4, -0.2) is 33.8 Å². The lowest BCUT2D eigenvalue weighted by atomic mass is 10.2. The van der Waals surface area contributed by atoms with Crippen LogP contribution in [0.4, 0.5) is 0 Å². The highest BCUT2D eigenvalue weighted by molar-refractivity contribution is 7.89. The van der Waals surface area contributed by atoms with Gasteiger partial charge in [-0.3, -0.25) is 4.57 Å². The summed E-state index contributed by atoms with van der Waals surface area (Å²) in [6, 6.07) is 11.8. The topological polar surface area (TPSA) is 101 Å². The van der Waals surface area contributed by atoms with Crippen LogP contribution in [-0.2, 0) is 17.1 Å². The molecule has 28 heavy (non-hydrogen) atoms. The Hall–Kier alpha value is -2.91. The van der Waals surface area contributed by atoms with Gasteiger partial charge in [-0.2, -0.15) is 4.31 Å². The summed E-state index contributed by atoms with van der Waals surface area (Å²) in [5, 5.41) is 0. The van der Waals surface area contributed by atoms with E-state index < -0.39 is 15.8 Å². The van der Waals surface area contributed by atoms with Crippen molar-refractivity contribution < 1.29 is 12.8 Å². The van der Waals surface area contributed by atoms with E-state index in [1.807, 2.05) is 24.3 Å². The molecule has 0 saturated carbocycles. The molecule has 1 saturated heterocycles. The standard InChI is InChI=1S/C19H18N4O4S/c1-22-15-9-8-12(11-17(15)27-19(22)24)28(25,26)23-10-4-7-16(23)18-20-13-5-2-3-6-14(13)21-18/h2-3,5-6,8-9,11,16H,4,7,10H2,1H3,(H,20,21). The number of sulfonamides is 1. The number of hydrogen-bond acceptors (Lipinski definition) is 5. The lowest BCUT2D eigenvalue weighted by Crippen LogP contribution is -2.31. The number of aromatic nitrogens is 3. The summed E-state index contributed by atoms with van der Waals surface area (Å²) in [5.74, 6) is 0.125. The molecule has 8 nitrogen and oxygen atoms in total. The zero-order valence-corrected chi connectivity index (χ0v) is 15.9. The van der Waals surface area contributed by atoms with Crippen LogP contribution in [0.3, 0.4) is 0 Å². The quantitative estimate of drug-likeness (QED) is 0.571. The summed E-state index contributed by atoms with van der Waals surface area (Å²) in [7, 11) is -2.18. The number of rotatable bonds is 3. The molecule has 1 atom stereocenters. The molecule has 0 spiro atoms. The van der Waals surface area contributed by atoms with E-state index in [2.05, 4.69) is 9.97 Å². The third-order valence-electron chi connectivity index (χ3n) is 5.30. The Morgan fingerprint density at radius 2 is 2.04 bits per heavy atom. The Bertz CT molecular complexity index is 1330. The second-order valence-corrected chi connectivity index (χ2v) is 8.86. The normalized spacial score (nSPS) is 18.4. The van der Waals surface area contributed by atoms with E-state index in [1.165, 1.54) is 21.0 Å². The lowest BCUT2D eigenvalue weighted by molar-refractivity contribution is 0.385. The van der Waals surface area contributed by atoms with Crippen molar-refractivity contribution in [1.29, 1.82) is 0 Å². The molecular weight excluding hydrogens is 380 g/mol. The molecule has 9 heteroatoms. The lowest BCUT2D eigenvalue weighted by Gasteiger charge is -2.22. The first-order valence-electron chi connectivity index (χ1n) is 9.01. The number of imidazole rings is 1. The van der Waals surface area contributed by atoms with E-state index in [1.54, 1.807) is 13.1 Å². The van der Waals surface area contributed by atoms with Gasteiger partial charge in [0.15, 0.2) is 5.58 Å². The highest BCUT2D eigenvalue weighted by atomic mass is 32.2. The average Bonchev–Trinajstić information content (AvgIpc) is 3.39. The molecule has 0 aliphatic carbocycles. The number of H-pyrrole nitrogens is 1. The van der Waals surface area contributed by atoms with Crippen LogP contribution in [0.15, 0.2) is 56.6 Å². The van der Waals surface area contributed by atoms with Crippen LogP contribution < -0.4 is 5.76 Å². The minimum atomic E-state index is -3.77. The van der Waals surface area contributed by atoms with E-state index in [-0.39, 0.29) is 16.5 Å². The van der Waals surface area contributed by atoms with Gasteiger partial charge in [-0.15, -0.1) is 0 Å². The van der Waals surface area contributed by atoms with Crippen molar-refractivity contribution in [3.05, 3.63) is 58.8 Å². The van der Waals surface area contributed by atoms with Crippen LogP contribution in [0.1, 0.15) is 24.7 Å². The fourth-order valence-corrected chi connectivity index (χ4v) is 5.52. The molecule has 1 fully saturated rings. The first-order valence-corrected chi connectivity index (χ1v) is 10.5. The molecule has 1 aliphatic rings. The number of oxazole rings is 1. The first-order chi connectivity index (χ1) is 13.4. The molecule has 0 radical (unpaired) electrons. The van der Waals surface area contributed by atoms with Gasteiger partial charge in [-0.25, -0.2) is 18.2 Å². The monoisotopic (exact) mass is 398 g/mol. The summed E-state index contributed by atoms with van der Waals surface area (Å²) < 4.78 is 34.6. The molecule has 144 valence electrons. The first kappa shape index (κ1) is 17.2. The Kier molecular flexibility index (Phi) is 3.72. The number of benzene rings is 2. The molecule has 0 bridgehead atoms. The van der Waals surface area contributed by atoms with Crippen molar-refractivity contribution in [2.75, 3.05) is 6.54 Å². The van der Waals surface area contributed by atoms with Crippen molar-refractivity contribution in [3.63, 3.8) is 0 Å². The summed E-state index contributed by atoms with van der Waals surface area (Å²) in [4.78, 5) is 19.7. The zero-order chi connectivity index (χ0) is 19.5. The highest BCUT2D eigenvalue weighted by Gasteiger charge is 2.38. The number of hydrogen-bond donors (Lipinski definition) is 1. The average molecular weight is 398 g/mol. The van der Waals surface area contributed by atoms with E-state index in [0.29, 0.717) is 24.3 Å². The maximum Gasteiger partial charge on any atom is 0.419 e. The summed E-state index contributed by atoms with van der Waals surface area (Å²) in [6.07, 6.45) is 1.45.